The third kappa shape index (κ3) is 4.01. The minimum atomic E-state index is -0.295. The smallest absolute Gasteiger partial charge is 0.255 e. The second-order valence-electron chi connectivity index (χ2n) is 6.83. The maximum Gasteiger partial charge on any atom is 0.255 e. The van der Waals surface area contributed by atoms with Crippen LogP contribution in [0.25, 0.3) is 6.08 Å². The summed E-state index contributed by atoms with van der Waals surface area (Å²) in [5, 5.41) is 2.82. The average Bonchev–Trinajstić information content (AvgIpc) is 3.21. The van der Waals surface area contributed by atoms with Gasteiger partial charge in [-0.1, -0.05) is 18.2 Å². The quantitative estimate of drug-likeness (QED) is 0.824. The third-order valence-electron chi connectivity index (χ3n) is 4.88. The highest BCUT2D eigenvalue weighted by Crippen LogP contribution is 2.32. The molecule has 1 N–H and O–H groups in total. The number of hydrogen-bond donors (Lipinski definition) is 1. The first-order valence-corrected chi connectivity index (χ1v) is 9.48. The maximum absolute atomic E-state index is 12.8. The van der Waals surface area contributed by atoms with Crippen LogP contribution in [0.1, 0.15) is 35.2 Å². The van der Waals surface area contributed by atoms with E-state index in [1.54, 1.807) is 18.2 Å². The summed E-state index contributed by atoms with van der Waals surface area (Å²) < 4.78 is 10.6. The van der Waals surface area contributed by atoms with Crippen LogP contribution in [-0.4, -0.2) is 36.6 Å². The molecule has 2 aliphatic heterocycles. The summed E-state index contributed by atoms with van der Waals surface area (Å²) in [6.45, 7) is 1.75. The predicted molar refractivity (Wildman–Crippen MR) is 106 cm³/mol. The molecule has 6 heteroatoms. The van der Waals surface area contributed by atoms with Crippen molar-refractivity contribution in [2.75, 3.05) is 25.2 Å². The normalized spacial score (nSPS) is 15.6. The molecule has 0 aliphatic carbocycles. The summed E-state index contributed by atoms with van der Waals surface area (Å²) in [7, 11) is 0. The van der Waals surface area contributed by atoms with Crippen molar-refractivity contribution in [3.05, 3.63) is 59.7 Å². The first-order chi connectivity index (χ1) is 13.7. The Morgan fingerprint density at radius 1 is 0.964 bits per heavy atom. The van der Waals surface area contributed by atoms with E-state index in [1.807, 2.05) is 35.2 Å². The Hall–Kier alpha value is -3.28. The Labute approximate surface area is 163 Å². The van der Waals surface area contributed by atoms with Crippen LogP contribution in [0.4, 0.5) is 5.69 Å². The number of benzene rings is 2. The molecule has 144 valence electrons. The van der Waals surface area contributed by atoms with Crippen molar-refractivity contribution in [3.8, 4) is 11.5 Å². The number of amides is 2. The van der Waals surface area contributed by atoms with Crippen molar-refractivity contribution >= 4 is 23.6 Å². The molecule has 1 fully saturated rings. The summed E-state index contributed by atoms with van der Waals surface area (Å²) in [6.07, 6.45) is 6.36. The van der Waals surface area contributed by atoms with E-state index in [1.165, 1.54) is 6.08 Å². The van der Waals surface area contributed by atoms with Gasteiger partial charge in [-0.15, -0.1) is 0 Å². The van der Waals surface area contributed by atoms with E-state index in [2.05, 4.69) is 5.32 Å². The molecule has 0 bridgehead atoms. The first kappa shape index (κ1) is 18.1. The lowest BCUT2D eigenvalue weighted by molar-refractivity contribution is -0.111. The van der Waals surface area contributed by atoms with Gasteiger partial charge < -0.3 is 19.7 Å². The topological polar surface area (TPSA) is 67.9 Å². The van der Waals surface area contributed by atoms with Crippen LogP contribution in [0, 0.1) is 0 Å². The summed E-state index contributed by atoms with van der Waals surface area (Å²) in [6, 6.07) is 12.6. The number of fused-ring (bicyclic) bond motifs is 1. The molecule has 2 aromatic rings. The van der Waals surface area contributed by atoms with Crippen LogP contribution in [0.5, 0.6) is 11.5 Å². The van der Waals surface area contributed by atoms with Crippen molar-refractivity contribution in [1.82, 2.24) is 4.90 Å². The zero-order valence-electron chi connectivity index (χ0n) is 15.5. The number of nitrogens with one attached hydrogen (secondary N) is 1. The standard InChI is InChI=1S/C22H22N2O4/c25-21(11-9-16-8-10-19-20(14-16)28-15-27-19)23-18-7-3-2-6-17(18)22(26)24-12-4-1-5-13-24/h2-3,6-11,14H,1,4-5,12-13,15H2,(H,23,25)/b11-9+. The molecule has 0 saturated carbocycles. The number of rotatable bonds is 4. The maximum atomic E-state index is 12.8. The molecule has 0 radical (unpaired) electrons. The second kappa shape index (κ2) is 8.17. The van der Waals surface area contributed by atoms with Crippen molar-refractivity contribution in [3.63, 3.8) is 0 Å². The van der Waals surface area contributed by atoms with E-state index < -0.39 is 0 Å². The Morgan fingerprint density at radius 3 is 2.61 bits per heavy atom. The highest BCUT2D eigenvalue weighted by molar-refractivity contribution is 6.07. The van der Waals surface area contributed by atoms with Gasteiger partial charge >= 0.3 is 0 Å². The molecular formula is C22H22N2O4. The Bertz CT molecular complexity index is 917. The molecule has 0 aromatic heterocycles. The van der Waals surface area contributed by atoms with Gasteiger partial charge in [0.15, 0.2) is 11.5 Å². The van der Waals surface area contributed by atoms with Crippen LogP contribution in [-0.2, 0) is 4.79 Å². The number of carbonyl (C=O) groups excluding carboxylic acids is 2. The number of carbonyl (C=O) groups is 2. The fourth-order valence-corrected chi connectivity index (χ4v) is 3.41. The molecule has 4 rings (SSSR count). The average molecular weight is 378 g/mol. The van der Waals surface area contributed by atoms with Gasteiger partial charge in [-0.05, 0) is 55.2 Å². The molecule has 2 heterocycles. The molecule has 0 spiro atoms. The van der Waals surface area contributed by atoms with E-state index in [4.69, 9.17) is 9.47 Å². The molecule has 28 heavy (non-hydrogen) atoms. The molecule has 1 saturated heterocycles. The summed E-state index contributed by atoms with van der Waals surface area (Å²) in [5.41, 5.74) is 1.88. The zero-order chi connectivity index (χ0) is 19.3. The van der Waals surface area contributed by atoms with Crippen molar-refractivity contribution in [2.45, 2.75) is 19.3 Å². The van der Waals surface area contributed by atoms with Crippen LogP contribution < -0.4 is 14.8 Å². The van der Waals surface area contributed by atoms with Gasteiger partial charge in [0.25, 0.3) is 5.91 Å². The number of para-hydroxylation sites is 1. The summed E-state index contributed by atoms with van der Waals surface area (Å²) in [4.78, 5) is 27.1. The second-order valence-corrected chi connectivity index (χ2v) is 6.83. The van der Waals surface area contributed by atoms with E-state index >= 15 is 0 Å². The molecule has 0 atom stereocenters. The Morgan fingerprint density at radius 2 is 1.75 bits per heavy atom. The highest BCUT2D eigenvalue weighted by Gasteiger charge is 2.21. The lowest BCUT2D eigenvalue weighted by Crippen LogP contribution is -2.36. The Balaban J connectivity index is 1.45. The Kier molecular flexibility index (Phi) is 5.28. The van der Waals surface area contributed by atoms with Gasteiger partial charge in [0.1, 0.15) is 0 Å². The number of likely N-dealkylation sites (tertiary alicyclic amines) is 1. The zero-order valence-corrected chi connectivity index (χ0v) is 15.5. The number of piperidine rings is 1. The number of hydrogen-bond acceptors (Lipinski definition) is 4. The summed E-state index contributed by atoms with van der Waals surface area (Å²) >= 11 is 0. The van der Waals surface area contributed by atoms with Gasteiger partial charge in [-0.3, -0.25) is 9.59 Å². The predicted octanol–water partition coefficient (Wildman–Crippen LogP) is 3.69. The fourth-order valence-electron chi connectivity index (χ4n) is 3.41. The molecular weight excluding hydrogens is 356 g/mol. The van der Waals surface area contributed by atoms with Gasteiger partial charge in [0, 0.05) is 19.2 Å². The van der Waals surface area contributed by atoms with Gasteiger partial charge in [-0.2, -0.15) is 0 Å². The van der Waals surface area contributed by atoms with Crippen molar-refractivity contribution < 1.29 is 19.1 Å². The molecule has 2 aliphatic rings. The lowest BCUT2D eigenvalue weighted by Gasteiger charge is -2.27. The number of nitrogens with zero attached hydrogens (tertiary/aromatic N) is 1. The van der Waals surface area contributed by atoms with Gasteiger partial charge in [-0.25, -0.2) is 0 Å². The van der Waals surface area contributed by atoms with Crippen molar-refractivity contribution in [1.29, 1.82) is 0 Å². The van der Waals surface area contributed by atoms with Crippen LogP contribution >= 0.6 is 0 Å². The van der Waals surface area contributed by atoms with Gasteiger partial charge in [0.05, 0.1) is 11.3 Å². The van der Waals surface area contributed by atoms with Crippen LogP contribution in [0.2, 0.25) is 0 Å². The fraction of sp³-hybridized carbons (Fsp3) is 0.273. The largest absolute Gasteiger partial charge is 0.454 e. The van der Waals surface area contributed by atoms with E-state index in [9.17, 15) is 9.59 Å². The highest BCUT2D eigenvalue weighted by atomic mass is 16.7. The SMILES string of the molecule is O=C(/C=C/c1ccc2c(c1)OCO2)Nc1ccccc1C(=O)N1CCCCC1. The molecule has 6 nitrogen and oxygen atoms in total. The lowest BCUT2D eigenvalue weighted by atomic mass is 10.1. The van der Waals surface area contributed by atoms with Gasteiger partial charge in [0.2, 0.25) is 12.7 Å². The molecule has 0 unspecified atom stereocenters. The number of anilines is 1. The monoisotopic (exact) mass is 378 g/mol. The van der Waals surface area contributed by atoms with E-state index in [-0.39, 0.29) is 18.6 Å². The van der Waals surface area contributed by atoms with E-state index in [0.717, 1.165) is 37.9 Å². The third-order valence-corrected chi connectivity index (χ3v) is 4.88. The number of ether oxygens (including phenoxy) is 2. The van der Waals surface area contributed by atoms with Crippen LogP contribution in [0.3, 0.4) is 0 Å². The summed E-state index contributed by atoms with van der Waals surface area (Å²) in [5.74, 6) is 1.04. The minimum Gasteiger partial charge on any atom is -0.454 e. The molecule has 2 aromatic carbocycles. The van der Waals surface area contributed by atoms with Crippen molar-refractivity contribution in [2.24, 2.45) is 0 Å². The van der Waals surface area contributed by atoms with E-state index in [0.29, 0.717) is 22.7 Å². The first-order valence-electron chi connectivity index (χ1n) is 9.48. The molecule has 2 amide bonds. The minimum absolute atomic E-state index is 0.0321. The van der Waals surface area contributed by atoms with Crippen LogP contribution in [0.15, 0.2) is 48.5 Å².